The van der Waals surface area contributed by atoms with Gasteiger partial charge in [0, 0.05) is 18.5 Å². The first kappa shape index (κ1) is 12.5. The number of nitrogens with one attached hydrogen (secondary N) is 1. The van der Waals surface area contributed by atoms with Crippen molar-refractivity contribution in [1.29, 1.82) is 0 Å². The van der Waals surface area contributed by atoms with Gasteiger partial charge in [-0.15, -0.1) is 0 Å². The summed E-state index contributed by atoms with van der Waals surface area (Å²) in [4.78, 5) is 14.1. The summed E-state index contributed by atoms with van der Waals surface area (Å²) in [5.41, 5.74) is -0.0119. The quantitative estimate of drug-likeness (QED) is 0.771. The molecule has 1 heterocycles. The third-order valence-electron chi connectivity index (χ3n) is 3.79. The van der Waals surface area contributed by atoms with Crippen LogP contribution in [0.4, 0.5) is 0 Å². The van der Waals surface area contributed by atoms with E-state index in [1.807, 2.05) is 11.9 Å². The number of piperidine rings is 1. The highest BCUT2D eigenvalue weighted by Gasteiger charge is 2.31. The smallest absolute Gasteiger partial charge is 0.225 e. The van der Waals surface area contributed by atoms with Gasteiger partial charge in [0.1, 0.15) is 0 Å². The van der Waals surface area contributed by atoms with E-state index in [-0.39, 0.29) is 11.5 Å². The molecular weight excluding hydrogens is 188 g/mol. The molecule has 88 valence electrons. The number of hydrogen-bond acceptors (Lipinski definition) is 2. The van der Waals surface area contributed by atoms with Crippen molar-refractivity contribution in [3.05, 3.63) is 0 Å². The number of hydrogen-bond donors (Lipinski definition) is 1. The largest absolute Gasteiger partial charge is 0.340 e. The summed E-state index contributed by atoms with van der Waals surface area (Å²) in [5.74, 6) is 0.561. The predicted octanol–water partition coefficient (Wildman–Crippen LogP) is 1.63. The molecule has 1 aliphatic heterocycles. The van der Waals surface area contributed by atoms with Gasteiger partial charge in [-0.25, -0.2) is 0 Å². The molecule has 1 amide bonds. The Hall–Kier alpha value is -0.570. The summed E-state index contributed by atoms with van der Waals surface area (Å²) in [6.07, 6.45) is 2.98. The number of nitrogens with zero attached hydrogens (tertiary/aromatic N) is 1. The van der Waals surface area contributed by atoms with Gasteiger partial charge < -0.3 is 10.2 Å². The molecule has 1 N–H and O–H groups in total. The second-order valence-corrected chi connectivity index (χ2v) is 5.09. The molecule has 0 spiro atoms. The first-order valence-corrected chi connectivity index (χ1v) is 5.97. The van der Waals surface area contributed by atoms with Gasteiger partial charge in [0.2, 0.25) is 5.91 Å². The van der Waals surface area contributed by atoms with Crippen LogP contribution in [-0.4, -0.2) is 36.5 Å². The van der Waals surface area contributed by atoms with Crippen LogP contribution in [-0.2, 0) is 4.79 Å². The van der Waals surface area contributed by atoms with Crippen LogP contribution < -0.4 is 5.32 Å². The van der Waals surface area contributed by atoms with Crippen molar-refractivity contribution < 1.29 is 4.79 Å². The second-order valence-electron chi connectivity index (χ2n) is 5.09. The minimum absolute atomic E-state index is 0.0119. The Bertz CT molecular complexity index is 220. The zero-order valence-electron chi connectivity index (χ0n) is 10.5. The molecule has 0 unspecified atom stereocenters. The second kappa shape index (κ2) is 4.97. The summed E-state index contributed by atoms with van der Waals surface area (Å²) < 4.78 is 0. The third kappa shape index (κ3) is 2.94. The first-order chi connectivity index (χ1) is 6.99. The molecule has 0 aromatic heterocycles. The van der Waals surface area contributed by atoms with Crippen LogP contribution in [0.15, 0.2) is 0 Å². The molecule has 1 fully saturated rings. The standard InChI is InChI=1S/C12H24N2O/c1-5-12(2,3)14(4)11(15)10-6-8-13-9-7-10/h10,13H,5-9H2,1-4H3. The monoisotopic (exact) mass is 212 g/mol. The van der Waals surface area contributed by atoms with Crippen molar-refractivity contribution >= 4 is 5.91 Å². The fourth-order valence-electron chi connectivity index (χ4n) is 1.88. The lowest BCUT2D eigenvalue weighted by Crippen LogP contribution is -2.48. The number of carbonyl (C=O) groups excluding carboxylic acids is 1. The molecule has 0 aromatic carbocycles. The van der Waals surface area contributed by atoms with Crippen molar-refractivity contribution in [2.75, 3.05) is 20.1 Å². The van der Waals surface area contributed by atoms with E-state index in [0.717, 1.165) is 32.4 Å². The highest BCUT2D eigenvalue weighted by Crippen LogP contribution is 2.22. The lowest BCUT2D eigenvalue weighted by molar-refractivity contribution is -0.140. The van der Waals surface area contributed by atoms with E-state index in [9.17, 15) is 4.79 Å². The van der Waals surface area contributed by atoms with Crippen LogP contribution in [0, 0.1) is 5.92 Å². The zero-order valence-corrected chi connectivity index (χ0v) is 10.5. The number of amides is 1. The molecule has 0 aliphatic carbocycles. The summed E-state index contributed by atoms with van der Waals surface area (Å²) in [7, 11) is 1.94. The molecule has 0 atom stereocenters. The van der Waals surface area contributed by atoms with Crippen LogP contribution in [0.1, 0.15) is 40.0 Å². The predicted molar refractivity (Wildman–Crippen MR) is 62.7 cm³/mol. The Labute approximate surface area is 93.2 Å². The van der Waals surface area contributed by atoms with Crippen LogP contribution in [0.3, 0.4) is 0 Å². The first-order valence-electron chi connectivity index (χ1n) is 5.97. The van der Waals surface area contributed by atoms with Gasteiger partial charge in [0.25, 0.3) is 0 Å². The van der Waals surface area contributed by atoms with Crippen LogP contribution >= 0.6 is 0 Å². The van der Waals surface area contributed by atoms with E-state index in [4.69, 9.17) is 0 Å². The molecule has 0 bridgehead atoms. The Morgan fingerprint density at radius 3 is 2.40 bits per heavy atom. The highest BCUT2D eigenvalue weighted by molar-refractivity contribution is 5.79. The minimum atomic E-state index is -0.0119. The average Bonchev–Trinajstić information content (AvgIpc) is 2.28. The molecule has 3 nitrogen and oxygen atoms in total. The molecule has 0 radical (unpaired) electrons. The number of carbonyl (C=O) groups is 1. The van der Waals surface area contributed by atoms with E-state index >= 15 is 0 Å². The molecule has 0 saturated carbocycles. The van der Waals surface area contributed by atoms with Crippen LogP contribution in [0.25, 0.3) is 0 Å². The van der Waals surface area contributed by atoms with Gasteiger partial charge in [-0.05, 0) is 46.2 Å². The van der Waals surface area contributed by atoms with E-state index < -0.39 is 0 Å². The third-order valence-corrected chi connectivity index (χ3v) is 3.79. The fraction of sp³-hybridized carbons (Fsp3) is 0.917. The van der Waals surface area contributed by atoms with E-state index in [1.54, 1.807) is 0 Å². The van der Waals surface area contributed by atoms with E-state index in [0.29, 0.717) is 5.91 Å². The Morgan fingerprint density at radius 1 is 1.40 bits per heavy atom. The molecular formula is C12H24N2O. The van der Waals surface area contributed by atoms with Crippen molar-refractivity contribution in [2.24, 2.45) is 5.92 Å². The van der Waals surface area contributed by atoms with Gasteiger partial charge in [-0.2, -0.15) is 0 Å². The number of rotatable bonds is 3. The van der Waals surface area contributed by atoms with Crippen molar-refractivity contribution in [3.8, 4) is 0 Å². The summed E-state index contributed by atoms with van der Waals surface area (Å²) in [5, 5.41) is 3.29. The fourth-order valence-corrected chi connectivity index (χ4v) is 1.88. The van der Waals surface area contributed by atoms with Gasteiger partial charge in [0.05, 0.1) is 0 Å². The lowest BCUT2D eigenvalue weighted by Gasteiger charge is -2.38. The maximum atomic E-state index is 12.2. The van der Waals surface area contributed by atoms with Gasteiger partial charge >= 0.3 is 0 Å². The van der Waals surface area contributed by atoms with Crippen molar-refractivity contribution in [3.63, 3.8) is 0 Å². The summed E-state index contributed by atoms with van der Waals surface area (Å²) in [6, 6.07) is 0. The maximum Gasteiger partial charge on any atom is 0.225 e. The van der Waals surface area contributed by atoms with E-state index in [2.05, 4.69) is 26.1 Å². The van der Waals surface area contributed by atoms with Crippen molar-refractivity contribution in [2.45, 2.75) is 45.6 Å². The Morgan fingerprint density at radius 2 is 1.93 bits per heavy atom. The molecule has 1 aliphatic rings. The molecule has 0 aromatic rings. The van der Waals surface area contributed by atoms with Crippen molar-refractivity contribution in [1.82, 2.24) is 10.2 Å². The summed E-state index contributed by atoms with van der Waals surface area (Å²) in [6.45, 7) is 8.36. The molecule has 1 saturated heterocycles. The zero-order chi connectivity index (χ0) is 11.5. The summed E-state index contributed by atoms with van der Waals surface area (Å²) >= 11 is 0. The lowest BCUT2D eigenvalue weighted by atomic mass is 9.93. The average molecular weight is 212 g/mol. The molecule has 1 rings (SSSR count). The highest BCUT2D eigenvalue weighted by atomic mass is 16.2. The molecule has 3 heteroatoms. The normalized spacial score (nSPS) is 18.9. The van der Waals surface area contributed by atoms with E-state index in [1.165, 1.54) is 0 Å². The Balaban J connectivity index is 2.58. The van der Waals surface area contributed by atoms with Gasteiger partial charge in [-0.1, -0.05) is 6.92 Å². The maximum absolute atomic E-state index is 12.2. The SMILES string of the molecule is CCC(C)(C)N(C)C(=O)C1CCNCC1. The van der Waals surface area contributed by atoms with Crippen LogP contribution in [0.5, 0.6) is 0 Å². The topological polar surface area (TPSA) is 32.3 Å². The van der Waals surface area contributed by atoms with Gasteiger partial charge in [-0.3, -0.25) is 4.79 Å². The minimum Gasteiger partial charge on any atom is -0.340 e. The van der Waals surface area contributed by atoms with Gasteiger partial charge in [0.15, 0.2) is 0 Å². The Kier molecular flexibility index (Phi) is 4.14. The van der Waals surface area contributed by atoms with Crippen LogP contribution in [0.2, 0.25) is 0 Å². The molecule has 15 heavy (non-hydrogen) atoms.